The molecule has 2 aromatic rings. The summed E-state index contributed by atoms with van der Waals surface area (Å²) in [6.45, 7) is 3.89. The second-order valence-electron chi connectivity index (χ2n) is 3.99. The standard InChI is InChI=1S/C11H13N3O2/c1-7(2)10-11(13-16)14-4-3-8(6-15)5-9(14)12-10/h3-5,7,15H,6H2,1-2H3. The minimum Gasteiger partial charge on any atom is -0.392 e. The molecule has 0 atom stereocenters. The molecule has 1 N–H and O–H groups in total. The van der Waals surface area contributed by atoms with Crippen LogP contribution in [0.25, 0.3) is 5.65 Å². The van der Waals surface area contributed by atoms with E-state index in [-0.39, 0.29) is 12.5 Å². The lowest BCUT2D eigenvalue weighted by Crippen LogP contribution is -1.88. The molecule has 0 fully saturated rings. The van der Waals surface area contributed by atoms with Crippen LogP contribution in [0.1, 0.15) is 31.0 Å². The Kier molecular flexibility index (Phi) is 2.70. The van der Waals surface area contributed by atoms with Gasteiger partial charge in [-0.3, -0.25) is 4.40 Å². The van der Waals surface area contributed by atoms with Crippen LogP contribution in [0.15, 0.2) is 23.5 Å². The molecule has 0 bridgehead atoms. The number of hydrogen-bond acceptors (Lipinski definition) is 4. The van der Waals surface area contributed by atoms with Gasteiger partial charge < -0.3 is 5.11 Å². The molecule has 0 saturated carbocycles. The molecule has 0 spiro atoms. The van der Waals surface area contributed by atoms with E-state index in [1.165, 1.54) is 0 Å². The van der Waals surface area contributed by atoms with Gasteiger partial charge in [-0.25, -0.2) is 4.98 Å². The van der Waals surface area contributed by atoms with Crippen molar-refractivity contribution in [1.82, 2.24) is 9.38 Å². The number of aliphatic hydroxyl groups excluding tert-OH is 1. The van der Waals surface area contributed by atoms with Crippen molar-refractivity contribution < 1.29 is 5.11 Å². The summed E-state index contributed by atoms with van der Waals surface area (Å²) < 4.78 is 1.64. The molecule has 0 saturated heterocycles. The van der Waals surface area contributed by atoms with E-state index in [1.807, 2.05) is 13.8 Å². The van der Waals surface area contributed by atoms with Crippen molar-refractivity contribution in [3.8, 4) is 0 Å². The number of rotatable bonds is 3. The van der Waals surface area contributed by atoms with E-state index in [0.29, 0.717) is 17.2 Å². The van der Waals surface area contributed by atoms with Crippen LogP contribution in [0.3, 0.4) is 0 Å². The molecule has 0 aliphatic heterocycles. The number of aromatic nitrogens is 2. The molecule has 0 radical (unpaired) electrons. The summed E-state index contributed by atoms with van der Waals surface area (Å²) in [6, 6.07) is 3.49. The molecule has 2 heterocycles. The quantitative estimate of drug-likeness (QED) is 0.805. The van der Waals surface area contributed by atoms with E-state index in [1.54, 1.807) is 22.7 Å². The van der Waals surface area contributed by atoms with Crippen molar-refractivity contribution in [2.45, 2.75) is 26.4 Å². The Bertz CT molecular complexity index is 531. The van der Waals surface area contributed by atoms with E-state index >= 15 is 0 Å². The van der Waals surface area contributed by atoms with Crippen molar-refractivity contribution in [3.05, 3.63) is 34.5 Å². The average Bonchev–Trinajstić information content (AvgIpc) is 2.66. The van der Waals surface area contributed by atoms with Gasteiger partial charge >= 0.3 is 0 Å². The van der Waals surface area contributed by atoms with Gasteiger partial charge in [-0.1, -0.05) is 13.8 Å². The molecular weight excluding hydrogens is 206 g/mol. The number of pyridine rings is 1. The maximum atomic E-state index is 10.8. The lowest BCUT2D eigenvalue weighted by molar-refractivity contribution is 0.282. The number of nitroso groups, excluding NO2 is 1. The summed E-state index contributed by atoms with van der Waals surface area (Å²) in [6.07, 6.45) is 1.70. The molecule has 0 unspecified atom stereocenters. The third-order valence-electron chi connectivity index (χ3n) is 2.51. The molecule has 84 valence electrons. The summed E-state index contributed by atoms with van der Waals surface area (Å²) in [7, 11) is 0. The molecule has 0 aliphatic carbocycles. The van der Waals surface area contributed by atoms with E-state index in [4.69, 9.17) is 5.11 Å². The first-order valence-corrected chi connectivity index (χ1v) is 5.12. The minimum absolute atomic E-state index is 0.0375. The van der Waals surface area contributed by atoms with Gasteiger partial charge in [0.05, 0.1) is 12.3 Å². The molecule has 0 aliphatic rings. The van der Waals surface area contributed by atoms with Crippen molar-refractivity contribution >= 4 is 11.5 Å². The van der Waals surface area contributed by atoms with Gasteiger partial charge in [0.1, 0.15) is 5.65 Å². The van der Waals surface area contributed by atoms with Gasteiger partial charge in [-0.15, -0.1) is 4.91 Å². The van der Waals surface area contributed by atoms with Crippen LogP contribution in [0, 0.1) is 4.91 Å². The first kappa shape index (κ1) is 10.8. The molecule has 2 rings (SSSR count). The normalized spacial score (nSPS) is 11.2. The largest absolute Gasteiger partial charge is 0.392 e. The monoisotopic (exact) mass is 219 g/mol. The first-order chi connectivity index (χ1) is 7.67. The molecule has 5 heteroatoms. The lowest BCUT2D eigenvalue weighted by atomic mass is 10.1. The topological polar surface area (TPSA) is 67.0 Å². The lowest BCUT2D eigenvalue weighted by Gasteiger charge is -1.99. The van der Waals surface area contributed by atoms with Crippen LogP contribution < -0.4 is 0 Å². The van der Waals surface area contributed by atoms with Crippen molar-refractivity contribution in [3.63, 3.8) is 0 Å². The van der Waals surface area contributed by atoms with Gasteiger partial charge in [-0.2, -0.15) is 0 Å². The van der Waals surface area contributed by atoms with Gasteiger partial charge in [0.15, 0.2) is 0 Å². The highest BCUT2D eigenvalue weighted by molar-refractivity contribution is 5.54. The van der Waals surface area contributed by atoms with Gasteiger partial charge in [0.2, 0.25) is 5.82 Å². The Morgan fingerprint density at radius 3 is 2.88 bits per heavy atom. The van der Waals surface area contributed by atoms with Gasteiger partial charge in [0.25, 0.3) is 0 Å². The molecule has 2 aromatic heterocycles. The zero-order chi connectivity index (χ0) is 11.7. The minimum atomic E-state index is -0.0375. The van der Waals surface area contributed by atoms with E-state index in [9.17, 15) is 4.91 Å². The van der Waals surface area contributed by atoms with E-state index in [2.05, 4.69) is 10.2 Å². The molecule has 16 heavy (non-hydrogen) atoms. The number of nitrogens with zero attached hydrogens (tertiary/aromatic N) is 3. The predicted molar refractivity (Wildman–Crippen MR) is 60.7 cm³/mol. The highest BCUT2D eigenvalue weighted by Gasteiger charge is 2.15. The number of hydrogen-bond donors (Lipinski definition) is 1. The summed E-state index contributed by atoms with van der Waals surface area (Å²) in [5, 5.41) is 12.0. The Balaban J connectivity index is 2.71. The Morgan fingerprint density at radius 1 is 1.56 bits per heavy atom. The van der Waals surface area contributed by atoms with E-state index < -0.39 is 0 Å². The van der Waals surface area contributed by atoms with Crippen LogP contribution in [0.2, 0.25) is 0 Å². The maximum Gasteiger partial charge on any atom is 0.205 e. The smallest absolute Gasteiger partial charge is 0.205 e. The van der Waals surface area contributed by atoms with Gasteiger partial charge in [-0.05, 0) is 28.8 Å². The van der Waals surface area contributed by atoms with Gasteiger partial charge in [0, 0.05) is 6.20 Å². The van der Waals surface area contributed by atoms with Crippen LogP contribution in [-0.2, 0) is 6.61 Å². The highest BCUT2D eigenvalue weighted by Crippen LogP contribution is 2.27. The zero-order valence-corrected chi connectivity index (χ0v) is 9.21. The third-order valence-corrected chi connectivity index (χ3v) is 2.51. The second kappa shape index (κ2) is 4.02. The summed E-state index contributed by atoms with van der Waals surface area (Å²) in [5.41, 5.74) is 2.10. The molecular formula is C11H13N3O2. The average molecular weight is 219 g/mol. The SMILES string of the molecule is CC(C)c1nc2cc(CO)ccn2c1N=O. The zero-order valence-electron chi connectivity index (χ0n) is 9.21. The van der Waals surface area contributed by atoms with Crippen LogP contribution in [0.4, 0.5) is 5.82 Å². The first-order valence-electron chi connectivity index (χ1n) is 5.12. The van der Waals surface area contributed by atoms with Crippen molar-refractivity contribution in [2.75, 3.05) is 0 Å². The Morgan fingerprint density at radius 2 is 2.31 bits per heavy atom. The van der Waals surface area contributed by atoms with Crippen LogP contribution in [0.5, 0.6) is 0 Å². The fraction of sp³-hybridized carbons (Fsp3) is 0.364. The van der Waals surface area contributed by atoms with Crippen LogP contribution >= 0.6 is 0 Å². The Labute approximate surface area is 92.7 Å². The third kappa shape index (κ3) is 1.59. The Hall–Kier alpha value is -1.75. The molecule has 0 aromatic carbocycles. The summed E-state index contributed by atoms with van der Waals surface area (Å²) in [4.78, 5) is 15.2. The predicted octanol–water partition coefficient (Wildman–Crippen LogP) is 2.35. The molecule has 5 nitrogen and oxygen atoms in total. The fourth-order valence-electron chi connectivity index (χ4n) is 1.67. The fourth-order valence-corrected chi connectivity index (χ4v) is 1.67. The maximum absolute atomic E-state index is 10.8. The number of imidazole rings is 1. The van der Waals surface area contributed by atoms with Crippen LogP contribution in [-0.4, -0.2) is 14.5 Å². The highest BCUT2D eigenvalue weighted by atomic mass is 16.3. The van der Waals surface area contributed by atoms with Crippen molar-refractivity contribution in [1.29, 1.82) is 0 Å². The number of aliphatic hydroxyl groups is 1. The number of fused-ring (bicyclic) bond motifs is 1. The summed E-state index contributed by atoms with van der Waals surface area (Å²) >= 11 is 0. The van der Waals surface area contributed by atoms with E-state index in [0.717, 1.165) is 5.56 Å². The van der Waals surface area contributed by atoms with Crippen molar-refractivity contribution in [2.24, 2.45) is 5.18 Å². The second-order valence-corrected chi connectivity index (χ2v) is 3.99. The summed E-state index contributed by atoms with van der Waals surface area (Å²) in [5.74, 6) is 0.486. The molecule has 0 amide bonds.